The van der Waals surface area contributed by atoms with E-state index in [1.165, 1.54) is 11.8 Å². The normalized spacial score (nSPS) is 16.7. The van der Waals surface area contributed by atoms with Crippen molar-refractivity contribution in [2.45, 2.75) is 0 Å². The van der Waals surface area contributed by atoms with Crippen molar-refractivity contribution < 1.29 is 14.3 Å². The zero-order chi connectivity index (χ0) is 14.0. The van der Waals surface area contributed by atoms with E-state index >= 15 is 0 Å². The molecule has 1 aliphatic rings. The van der Waals surface area contributed by atoms with E-state index in [0.29, 0.717) is 20.7 Å². The molecule has 0 atom stereocenters. The number of rotatable bonds is 3. The molecule has 0 radical (unpaired) electrons. The van der Waals surface area contributed by atoms with Gasteiger partial charge in [0.1, 0.15) is 4.32 Å². The minimum absolute atomic E-state index is 0.184. The highest BCUT2D eigenvalue weighted by atomic mass is 79.9. The molecule has 0 aliphatic carbocycles. The Balaban J connectivity index is 2.43. The third kappa shape index (κ3) is 3.10. The standard InChI is InChI=1S/C12H10BrNO3S2/c1-16-8-3-6(7(13)5-9(8)17-2)4-10-11(15)14-12(18)19-10/h3-5H,1-2H3,(H,14,15,18)/b10-4+. The fourth-order valence-corrected chi connectivity index (χ4v) is 3.01. The van der Waals surface area contributed by atoms with E-state index < -0.39 is 0 Å². The SMILES string of the molecule is COc1cc(Br)c(/C=C2/SC(=S)NC2=O)cc1OC. The minimum Gasteiger partial charge on any atom is -0.493 e. The lowest BCUT2D eigenvalue weighted by Crippen LogP contribution is -2.17. The predicted octanol–water partition coefficient (Wildman–Crippen LogP) is 2.96. The van der Waals surface area contributed by atoms with Crippen LogP contribution >= 0.6 is 39.9 Å². The summed E-state index contributed by atoms with van der Waals surface area (Å²) in [5, 5.41) is 2.57. The van der Waals surface area contributed by atoms with Crippen LogP contribution in [0.3, 0.4) is 0 Å². The summed E-state index contributed by atoms with van der Waals surface area (Å²) in [5.74, 6) is 1.04. The molecule has 1 aromatic rings. The molecule has 0 spiro atoms. The molecule has 2 rings (SSSR count). The highest BCUT2D eigenvalue weighted by Crippen LogP contribution is 2.36. The van der Waals surface area contributed by atoms with Crippen LogP contribution in [0.4, 0.5) is 0 Å². The second-order valence-corrected chi connectivity index (χ2v) is 6.15. The lowest BCUT2D eigenvalue weighted by Gasteiger charge is -2.10. The number of thiocarbonyl (C=S) groups is 1. The summed E-state index contributed by atoms with van der Waals surface area (Å²) in [6.07, 6.45) is 1.76. The lowest BCUT2D eigenvalue weighted by molar-refractivity contribution is -0.115. The largest absolute Gasteiger partial charge is 0.493 e. The van der Waals surface area contributed by atoms with Gasteiger partial charge in [0.25, 0.3) is 5.91 Å². The van der Waals surface area contributed by atoms with Crippen molar-refractivity contribution >= 4 is 56.2 Å². The third-order valence-corrected chi connectivity index (χ3v) is 4.28. The van der Waals surface area contributed by atoms with Crippen LogP contribution in [-0.2, 0) is 4.79 Å². The van der Waals surface area contributed by atoms with Gasteiger partial charge in [-0.25, -0.2) is 0 Å². The van der Waals surface area contributed by atoms with Gasteiger partial charge in [0, 0.05) is 4.47 Å². The minimum atomic E-state index is -0.184. The predicted molar refractivity (Wildman–Crippen MR) is 83.6 cm³/mol. The van der Waals surface area contributed by atoms with Crippen LogP contribution in [0.25, 0.3) is 6.08 Å². The number of carbonyl (C=O) groups is 1. The van der Waals surface area contributed by atoms with Gasteiger partial charge in [0.15, 0.2) is 11.5 Å². The van der Waals surface area contributed by atoms with Gasteiger partial charge in [-0.1, -0.05) is 39.9 Å². The first-order valence-electron chi connectivity index (χ1n) is 5.21. The Bertz CT molecular complexity index is 587. The van der Waals surface area contributed by atoms with E-state index in [4.69, 9.17) is 21.7 Å². The molecule has 1 heterocycles. The molecular formula is C12H10BrNO3S2. The average Bonchev–Trinajstić information content (AvgIpc) is 2.69. The van der Waals surface area contributed by atoms with Gasteiger partial charge in [-0.15, -0.1) is 0 Å². The summed E-state index contributed by atoms with van der Waals surface area (Å²) < 4.78 is 11.7. The number of ether oxygens (including phenoxy) is 2. The lowest BCUT2D eigenvalue weighted by atomic mass is 10.2. The fraction of sp³-hybridized carbons (Fsp3) is 0.167. The quantitative estimate of drug-likeness (QED) is 0.664. The molecule has 0 aromatic heterocycles. The van der Waals surface area contributed by atoms with Crippen molar-refractivity contribution in [3.63, 3.8) is 0 Å². The molecule has 7 heteroatoms. The Kier molecular flexibility index (Phi) is 4.49. The molecular weight excluding hydrogens is 350 g/mol. The van der Waals surface area contributed by atoms with E-state index in [2.05, 4.69) is 21.2 Å². The maximum Gasteiger partial charge on any atom is 0.263 e. The number of hydrogen-bond acceptors (Lipinski definition) is 5. The molecule has 4 nitrogen and oxygen atoms in total. The highest BCUT2D eigenvalue weighted by molar-refractivity contribution is 9.10. The molecule has 1 aliphatic heterocycles. The van der Waals surface area contributed by atoms with Gasteiger partial charge in [0.05, 0.1) is 19.1 Å². The van der Waals surface area contributed by atoms with Crippen molar-refractivity contribution in [2.75, 3.05) is 14.2 Å². The van der Waals surface area contributed by atoms with Crippen LogP contribution in [0.5, 0.6) is 11.5 Å². The monoisotopic (exact) mass is 359 g/mol. The van der Waals surface area contributed by atoms with Crippen molar-refractivity contribution in [1.82, 2.24) is 5.32 Å². The average molecular weight is 360 g/mol. The Morgan fingerprint density at radius 2 is 1.95 bits per heavy atom. The number of halogens is 1. The van der Waals surface area contributed by atoms with Crippen molar-refractivity contribution in [3.05, 3.63) is 27.1 Å². The van der Waals surface area contributed by atoms with Crippen LogP contribution < -0.4 is 14.8 Å². The number of hydrogen-bond donors (Lipinski definition) is 1. The zero-order valence-corrected chi connectivity index (χ0v) is 13.4. The molecule has 0 saturated carbocycles. The number of nitrogens with one attached hydrogen (secondary N) is 1. The Morgan fingerprint density at radius 1 is 1.32 bits per heavy atom. The summed E-state index contributed by atoms with van der Waals surface area (Å²) in [4.78, 5) is 12.2. The first kappa shape index (κ1) is 14.4. The van der Waals surface area contributed by atoms with Gasteiger partial charge < -0.3 is 14.8 Å². The number of carbonyl (C=O) groups excluding carboxylic acids is 1. The molecule has 1 fully saturated rings. The second-order valence-electron chi connectivity index (χ2n) is 3.58. The molecule has 1 aromatic carbocycles. The fourth-order valence-electron chi connectivity index (χ4n) is 1.54. The second kappa shape index (κ2) is 5.94. The van der Waals surface area contributed by atoms with E-state index in [-0.39, 0.29) is 5.91 Å². The van der Waals surface area contributed by atoms with E-state index in [1.54, 1.807) is 32.4 Å². The smallest absolute Gasteiger partial charge is 0.263 e. The Morgan fingerprint density at radius 3 is 2.47 bits per heavy atom. The summed E-state index contributed by atoms with van der Waals surface area (Å²) in [5.41, 5.74) is 0.819. The maximum atomic E-state index is 11.6. The van der Waals surface area contributed by atoms with Crippen LogP contribution in [0, 0.1) is 0 Å². The molecule has 19 heavy (non-hydrogen) atoms. The van der Waals surface area contributed by atoms with Gasteiger partial charge in [0.2, 0.25) is 0 Å². The summed E-state index contributed by atoms with van der Waals surface area (Å²) in [6, 6.07) is 3.59. The zero-order valence-electron chi connectivity index (χ0n) is 10.2. The summed E-state index contributed by atoms with van der Waals surface area (Å²) in [7, 11) is 3.13. The summed E-state index contributed by atoms with van der Waals surface area (Å²) >= 11 is 9.62. The van der Waals surface area contributed by atoms with Crippen LogP contribution in [0.1, 0.15) is 5.56 Å². The molecule has 1 saturated heterocycles. The first-order chi connectivity index (χ1) is 9.05. The number of thioether (sulfide) groups is 1. The molecule has 1 N–H and O–H groups in total. The molecule has 0 unspecified atom stereocenters. The van der Waals surface area contributed by atoms with Crippen molar-refractivity contribution in [2.24, 2.45) is 0 Å². The van der Waals surface area contributed by atoms with Gasteiger partial charge in [-0.3, -0.25) is 4.79 Å². The topological polar surface area (TPSA) is 47.6 Å². The number of benzene rings is 1. The van der Waals surface area contributed by atoms with E-state index in [1.807, 2.05) is 0 Å². The third-order valence-electron chi connectivity index (χ3n) is 2.43. The van der Waals surface area contributed by atoms with Gasteiger partial charge in [-0.2, -0.15) is 0 Å². The van der Waals surface area contributed by atoms with Crippen LogP contribution in [-0.4, -0.2) is 24.4 Å². The van der Waals surface area contributed by atoms with E-state index in [9.17, 15) is 4.79 Å². The highest BCUT2D eigenvalue weighted by Gasteiger charge is 2.22. The van der Waals surface area contributed by atoms with Gasteiger partial charge >= 0.3 is 0 Å². The number of amides is 1. The number of methoxy groups -OCH3 is 2. The summed E-state index contributed by atoms with van der Waals surface area (Å²) in [6.45, 7) is 0. The van der Waals surface area contributed by atoms with Crippen molar-refractivity contribution in [1.29, 1.82) is 0 Å². The van der Waals surface area contributed by atoms with E-state index in [0.717, 1.165) is 10.0 Å². The molecule has 1 amide bonds. The Hall–Kier alpha value is -1.05. The molecule has 0 bridgehead atoms. The van der Waals surface area contributed by atoms with Crippen molar-refractivity contribution in [3.8, 4) is 11.5 Å². The maximum absolute atomic E-state index is 11.6. The van der Waals surface area contributed by atoms with Gasteiger partial charge in [-0.05, 0) is 23.8 Å². The Labute approximate surface area is 128 Å². The van der Waals surface area contributed by atoms with Crippen LogP contribution in [0.15, 0.2) is 21.5 Å². The first-order valence-corrected chi connectivity index (χ1v) is 7.23. The molecule has 100 valence electrons. The van der Waals surface area contributed by atoms with Crippen LogP contribution in [0.2, 0.25) is 0 Å².